The summed E-state index contributed by atoms with van der Waals surface area (Å²) in [5.41, 5.74) is 1.53. The normalized spacial score (nSPS) is 20.6. The molecular formula is C41H55N9O4. The van der Waals surface area contributed by atoms with Crippen molar-refractivity contribution >= 4 is 34.3 Å². The fourth-order valence-electron chi connectivity index (χ4n) is 8.38. The quantitative estimate of drug-likeness (QED) is 0.149. The number of likely N-dealkylation sites (tertiary alicyclic amines) is 1. The largest absolute Gasteiger partial charge is 0.466 e. The molecule has 288 valence electrons. The number of piperidine rings is 1. The van der Waals surface area contributed by atoms with Gasteiger partial charge in [-0.1, -0.05) is 12.1 Å². The standard InChI is InChI=1S/C41H55N9O4/c1-5-20-49-38(51)34-27-42-40(45-37(34)50(49)36-9-7-8-35(44-36)41(3,4)53)43-31-12-16-33(17-13-31)48-25-23-46(24-26-48)28-29-10-14-32(15-11-29)47-21-18-30(19-22-47)39(52)54-6-2/h5,7-9,12-13,16-17,27,29-30,32,53H,1,6,10-11,14-15,18-26,28H2,2-4H3,(H,42,43,45). The number of piperazine rings is 1. The zero-order valence-electron chi connectivity index (χ0n) is 32.0. The molecule has 0 amide bonds. The number of hydrogen-bond donors (Lipinski definition) is 2. The van der Waals surface area contributed by atoms with Crippen LogP contribution in [0.3, 0.4) is 0 Å². The average Bonchev–Trinajstić information content (AvgIpc) is 3.45. The summed E-state index contributed by atoms with van der Waals surface area (Å²) in [7, 11) is 0. The lowest BCUT2D eigenvalue weighted by Gasteiger charge is -2.42. The smallest absolute Gasteiger partial charge is 0.309 e. The molecular weight excluding hydrogens is 683 g/mol. The van der Waals surface area contributed by atoms with E-state index in [1.165, 1.54) is 42.6 Å². The summed E-state index contributed by atoms with van der Waals surface area (Å²) < 4.78 is 8.44. The van der Waals surface area contributed by atoms with Crippen molar-refractivity contribution in [1.82, 2.24) is 34.1 Å². The predicted octanol–water partition coefficient (Wildman–Crippen LogP) is 5.09. The topological polar surface area (TPSA) is 134 Å². The zero-order valence-corrected chi connectivity index (χ0v) is 32.0. The average molecular weight is 738 g/mol. The first-order chi connectivity index (χ1) is 26.1. The van der Waals surface area contributed by atoms with Crippen molar-refractivity contribution in [2.24, 2.45) is 11.8 Å². The van der Waals surface area contributed by atoms with Crippen LogP contribution in [0.4, 0.5) is 17.3 Å². The molecule has 0 spiro atoms. The Bertz CT molecular complexity index is 1960. The highest BCUT2D eigenvalue weighted by atomic mass is 16.5. The first-order valence-electron chi connectivity index (χ1n) is 19.7. The van der Waals surface area contributed by atoms with E-state index in [2.05, 4.69) is 48.7 Å². The molecule has 3 fully saturated rings. The molecule has 13 heteroatoms. The molecule has 0 bridgehead atoms. The summed E-state index contributed by atoms with van der Waals surface area (Å²) in [6, 6.07) is 14.4. The number of esters is 1. The van der Waals surface area contributed by atoms with Crippen LogP contribution in [0.25, 0.3) is 16.9 Å². The Balaban J connectivity index is 0.922. The molecule has 3 aliphatic rings. The van der Waals surface area contributed by atoms with E-state index in [4.69, 9.17) is 9.72 Å². The van der Waals surface area contributed by atoms with Crippen LogP contribution in [0.15, 0.2) is 66.1 Å². The number of hydrogen-bond acceptors (Lipinski definition) is 11. The summed E-state index contributed by atoms with van der Waals surface area (Å²) in [6.45, 7) is 17.1. The van der Waals surface area contributed by atoms with Gasteiger partial charge in [-0.25, -0.2) is 19.3 Å². The lowest BCUT2D eigenvalue weighted by molar-refractivity contribution is -0.149. The SMILES string of the molecule is C=CCn1c(=O)c2cnc(Nc3ccc(N4CCN(CC5CCC(N6CCC(C(=O)OCC)CC6)CC5)CC4)cc3)nc2n1-c1cccc(C(C)(C)O)n1. The number of aromatic nitrogens is 5. The number of pyridine rings is 1. The third kappa shape index (κ3) is 8.38. The minimum atomic E-state index is -1.15. The summed E-state index contributed by atoms with van der Waals surface area (Å²) in [5, 5.41) is 14.3. The third-order valence-corrected chi connectivity index (χ3v) is 11.4. The maximum Gasteiger partial charge on any atom is 0.309 e. The van der Waals surface area contributed by atoms with Crippen LogP contribution < -0.4 is 15.8 Å². The van der Waals surface area contributed by atoms with Crippen LogP contribution in [-0.2, 0) is 21.7 Å². The number of carbonyl (C=O) groups excluding carboxylic acids is 1. The van der Waals surface area contributed by atoms with Gasteiger partial charge in [-0.15, -0.1) is 6.58 Å². The lowest BCUT2D eigenvalue weighted by Crippen LogP contribution is -2.49. The summed E-state index contributed by atoms with van der Waals surface area (Å²) in [5.74, 6) is 1.67. The van der Waals surface area contributed by atoms with Crippen molar-refractivity contribution in [2.75, 3.05) is 62.6 Å². The molecule has 2 aliphatic heterocycles. The molecule has 54 heavy (non-hydrogen) atoms. The van der Waals surface area contributed by atoms with Gasteiger partial charge in [-0.2, -0.15) is 4.98 Å². The van der Waals surface area contributed by atoms with Gasteiger partial charge in [0.05, 0.1) is 24.8 Å². The molecule has 5 heterocycles. The predicted molar refractivity (Wildman–Crippen MR) is 211 cm³/mol. The van der Waals surface area contributed by atoms with Crippen LogP contribution in [0, 0.1) is 11.8 Å². The minimum absolute atomic E-state index is 0.00774. The van der Waals surface area contributed by atoms with Crippen molar-refractivity contribution in [3.8, 4) is 5.82 Å². The zero-order chi connectivity index (χ0) is 37.8. The van der Waals surface area contributed by atoms with Gasteiger partial charge in [0.15, 0.2) is 11.5 Å². The highest BCUT2D eigenvalue weighted by molar-refractivity contribution is 5.77. The van der Waals surface area contributed by atoms with Gasteiger partial charge in [-0.05, 0) is 115 Å². The maximum atomic E-state index is 13.4. The maximum absolute atomic E-state index is 13.4. The summed E-state index contributed by atoms with van der Waals surface area (Å²) >= 11 is 0. The van der Waals surface area contributed by atoms with Crippen molar-refractivity contribution in [3.63, 3.8) is 0 Å². The molecule has 1 saturated carbocycles. The van der Waals surface area contributed by atoms with Crippen molar-refractivity contribution in [1.29, 1.82) is 0 Å². The Morgan fingerprint density at radius 1 is 0.981 bits per heavy atom. The number of nitrogens with zero attached hydrogens (tertiary/aromatic N) is 8. The van der Waals surface area contributed by atoms with E-state index in [1.54, 1.807) is 49.0 Å². The fourth-order valence-corrected chi connectivity index (χ4v) is 8.38. The molecule has 0 radical (unpaired) electrons. The van der Waals surface area contributed by atoms with Crippen LogP contribution in [-0.4, -0.2) is 104 Å². The minimum Gasteiger partial charge on any atom is -0.466 e. The summed E-state index contributed by atoms with van der Waals surface area (Å²) in [4.78, 5) is 47.2. The Morgan fingerprint density at radius 2 is 1.70 bits per heavy atom. The monoisotopic (exact) mass is 737 g/mol. The van der Waals surface area contributed by atoms with E-state index < -0.39 is 5.60 Å². The molecule has 3 aromatic heterocycles. The van der Waals surface area contributed by atoms with Gasteiger partial charge in [-0.3, -0.25) is 14.5 Å². The number of carbonyl (C=O) groups is 1. The second-order valence-corrected chi connectivity index (χ2v) is 15.6. The summed E-state index contributed by atoms with van der Waals surface area (Å²) in [6.07, 6.45) is 10.2. The fraction of sp³-hybridized carbons (Fsp3) is 0.537. The number of anilines is 3. The van der Waals surface area contributed by atoms with E-state index in [1.807, 2.05) is 19.1 Å². The number of aliphatic hydroxyl groups is 1. The number of allylic oxidation sites excluding steroid dienone is 1. The lowest BCUT2D eigenvalue weighted by atomic mass is 9.83. The van der Waals surface area contributed by atoms with Crippen molar-refractivity contribution < 1.29 is 14.6 Å². The van der Waals surface area contributed by atoms with E-state index >= 15 is 0 Å². The van der Waals surface area contributed by atoms with Gasteiger partial charge in [0.1, 0.15) is 11.0 Å². The van der Waals surface area contributed by atoms with E-state index in [9.17, 15) is 14.7 Å². The van der Waals surface area contributed by atoms with Crippen LogP contribution in [0.5, 0.6) is 0 Å². The molecule has 1 aliphatic carbocycles. The van der Waals surface area contributed by atoms with E-state index in [0.29, 0.717) is 41.1 Å². The van der Waals surface area contributed by atoms with Crippen LogP contribution in [0.2, 0.25) is 0 Å². The van der Waals surface area contributed by atoms with Crippen molar-refractivity contribution in [3.05, 3.63) is 77.4 Å². The molecule has 7 rings (SSSR count). The Kier molecular flexibility index (Phi) is 11.5. The van der Waals surface area contributed by atoms with Gasteiger partial charge in [0.2, 0.25) is 5.95 Å². The molecule has 0 unspecified atom stereocenters. The molecule has 13 nitrogen and oxygen atoms in total. The molecule has 1 aromatic carbocycles. The Morgan fingerprint density at radius 3 is 2.37 bits per heavy atom. The van der Waals surface area contributed by atoms with Crippen molar-refractivity contribution in [2.45, 2.75) is 77.5 Å². The second-order valence-electron chi connectivity index (χ2n) is 15.6. The Labute approximate surface area is 317 Å². The molecule has 2 saturated heterocycles. The number of nitrogens with one attached hydrogen (secondary N) is 1. The highest BCUT2D eigenvalue weighted by Crippen LogP contribution is 2.32. The van der Waals surface area contributed by atoms with Crippen LogP contribution in [0.1, 0.15) is 65.0 Å². The van der Waals surface area contributed by atoms with Gasteiger partial charge < -0.3 is 25.0 Å². The first-order valence-corrected chi connectivity index (χ1v) is 19.7. The van der Waals surface area contributed by atoms with Gasteiger partial charge in [0.25, 0.3) is 5.56 Å². The number of fused-ring (bicyclic) bond motifs is 1. The number of rotatable bonds is 12. The second kappa shape index (κ2) is 16.4. The number of benzene rings is 1. The first kappa shape index (κ1) is 37.7. The Hall–Kier alpha value is -4.59. The van der Waals surface area contributed by atoms with E-state index in [0.717, 1.165) is 63.7 Å². The molecule has 2 N–H and O–H groups in total. The molecule has 0 atom stereocenters. The number of ether oxygens (including phenoxy) is 1. The van der Waals surface area contributed by atoms with Crippen LogP contribution >= 0.6 is 0 Å². The molecule has 4 aromatic rings. The van der Waals surface area contributed by atoms with Gasteiger partial charge >= 0.3 is 5.97 Å². The highest BCUT2D eigenvalue weighted by Gasteiger charge is 2.32. The van der Waals surface area contributed by atoms with E-state index in [-0.39, 0.29) is 24.0 Å². The van der Waals surface area contributed by atoms with Gasteiger partial charge in [0, 0.05) is 56.3 Å². The third-order valence-electron chi connectivity index (χ3n) is 11.4.